The molecule has 2 aromatic carbocycles. The lowest BCUT2D eigenvalue weighted by Gasteiger charge is -2.09. The van der Waals surface area contributed by atoms with E-state index in [1.54, 1.807) is 6.07 Å². The zero-order valence-corrected chi connectivity index (χ0v) is 12.2. The Hall–Kier alpha value is -3.30. The predicted molar refractivity (Wildman–Crippen MR) is 78.4 cm³/mol. The number of hydrogen-bond donors (Lipinski definition) is 0. The van der Waals surface area contributed by atoms with Crippen LogP contribution in [0.1, 0.15) is 5.56 Å². The maximum atomic E-state index is 13.7. The van der Waals surface area contributed by atoms with Crippen LogP contribution in [0.4, 0.5) is 23.2 Å². The van der Waals surface area contributed by atoms with Crippen molar-refractivity contribution in [3.05, 3.63) is 70.2 Å². The summed E-state index contributed by atoms with van der Waals surface area (Å²) in [6, 6.07) is 8.15. The zero-order chi connectivity index (χ0) is 18.2. The minimum atomic E-state index is -4.91. The second-order valence-electron chi connectivity index (χ2n) is 4.98. The highest BCUT2D eigenvalue weighted by atomic mass is 19.4. The topological polar surface area (TPSA) is 73.8 Å². The fraction of sp³-hybridized carbons (Fsp3) is 0.0667. The molecule has 0 aliphatic carbocycles. The molecule has 6 nitrogen and oxygen atoms in total. The van der Waals surface area contributed by atoms with E-state index in [1.807, 2.05) is 0 Å². The quantitative estimate of drug-likeness (QED) is 0.406. The Balaban J connectivity index is 2.07. The molecule has 1 aromatic heterocycles. The van der Waals surface area contributed by atoms with Crippen LogP contribution in [-0.4, -0.2) is 19.9 Å². The van der Waals surface area contributed by atoms with Gasteiger partial charge in [0.1, 0.15) is 17.1 Å². The van der Waals surface area contributed by atoms with Gasteiger partial charge in [-0.05, 0) is 24.3 Å². The third-order valence-corrected chi connectivity index (χ3v) is 3.39. The Bertz CT molecular complexity index is 953. The van der Waals surface area contributed by atoms with E-state index in [4.69, 9.17) is 0 Å². The molecular weight excluding hydrogens is 344 g/mol. The number of nitro groups is 1. The van der Waals surface area contributed by atoms with Gasteiger partial charge < -0.3 is 0 Å². The molecule has 128 valence electrons. The van der Waals surface area contributed by atoms with Crippen LogP contribution in [0.15, 0.2) is 48.7 Å². The molecule has 3 rings (SSSR count). The molecular formula is C15H8F4N4O2. The van der Waals surface area contributed by atoms with Crippen molar-refractivity contribution in [2.45, 2.75) is 6.18 Å². The number of rotatable bonds is 3. The molecule has 3 aromatic rings. The van der Waals surface area contributed by atoms with Gasteiger partial charge in [0, 0.05) is 11.6 Å². The average molecular weight is 352 g/mol. The van der Waals surface area contributed by atoms with Crippen LogP contribution in [0.2, 0.25) is 0 Å². The lowest BCUT2D eigenvalue weighted by molar-refractivity contribution is -0.388. The highest BCUT2D eigenvalue weighted by Crippen LogP contribution is 2.37. The highest BCUT2D eigenvalue weighted by Gasteiger charge is 2.38. The van der Waals surface area contributed by atoms with E-state index in [2.05, 4.69) is 10.3 Å². The maximum Gasteiger partial charge on any atom is 0.423 e. The number of benzene rings is 2. The van der Waals surface area contributed by atoms with Crippen molar-refractivity contribution in [2.75, 3.05) is 0 Å². The zero-order valence-electron chi connectivity index (χ0n) is 12.2. The van der Waals surface area contributed by atoms with Gasteiger partial charge >= 0.3 is 6.18 Å². The first kappa shape index (κ1) is 16.6. The van der Waals surface area contributed by atoms with Crippen molar-refractivity contribution in [1.29, 1.82) is 0 Å². The van der Waals surface area contributed by atoms with Gasteiger partial charge in [-0.3, -0.25) is 10.1 Å². The van der Waals surface area contributed by atoms with Crippen molar-refractivity contribution in [1.82, 2.24) is 15.0 Å². The summed E-state index contributed by atoms with van der Waals surface area (Å²) in [5.41, 5.74) is -2.31. The normalized spacial score (nSPS) is 11.5. The number of hydrogen-bond acceptors (Lipinski definition) is 4. The van der Waals surface area contributed by atoms with E-state index in [0.29, 0.717) is 6.07 Å². The van der Waals surface area contributed by atoms with Gasteiger partial charge in [0.15, 0.2) is 0 Å². The van der Waals surface area contributed by atoms with Crippen molar-refractivity contribution < 1.29 is 22.5 Å². The first-order valence-corrected chi connectivity index (χ1v) is 6.80. The molecule has 0 aliphatic heterocycles. The third kappa shape index (κ3) is 3.18. The fourth-order valence-corrected chi connectivity index (χ4v) is 2.24. The molecule has 0 unspecified atom stereocenters. The number of nitrogens with zero attached hydrogens (tertiary/aromatic N) is 4. The summed E-state index contributed by atoms with van der Waals surface area (Å²) in [7, 11) is 0. The third-order valence-electron chi connectivity index (χ3n) is 3.39. The molecule has 0 amide bonds. The van der Waals surface area contributed by atoms with E-state index in [-0.39, 0.29) is 16.9 Å². The molecule has 25 heavy (non-hydrogen) atoms. The molecule has 1 heterocycles. The van der Waals surface area contributed by atoms with Gasteiger partial charge in [-0.25, -0.2) is 9.07 Å². The summed E-state index contributed by atoms with van der Waals surface area (Å²) in [5.74, 6) is -0.561. The molecule has 10 heteroatoms. The summed E-state index contributed by atoms with van der Waals surface area (Å²) in [6.07, 6.45) is -3.67. The first-order chi connectivity index (χ1) is 11.8. The monoisotopic (exact) mass is 352 g/mol. The van der Waals surface area contributed by atoms with Crippen LogP contribution in [-0.2, 0) is 6.18 Å². The summed E-state index contributed by atoms with van der Waals surface area (Å²) in [5, 5.41) is 18.2. The standard InChI is InChI=1S/C15H8F4N4O2/c16-12-4-2-1-3-10(12)13-8-22(21-20-13)9-5-6-14(23(24)25)11(7-9)15(17,18)19/h1-8H. The second kappa shape index (κ2) is 5.96. The van der Waals surface area contributed by atoms with E-state index >= 15 is 0 Å². The summed E-state index contributed by atoms with van der Waals surface area (Å²) in [4.78, 5) is 9.66. The molecule has 0 saturated heterocycles. The first-order valence-electron chi connectivity index (χ1n) is 6.80. The van der Waals surface area contributed by atoms with Crippen LogP contribution in [0, 0.1) is 15.9 Å². The Morgan fingerprint density at radius 3 is 2.48 bits per heavy atom. The highest BCUT2D eigenvalue weighted by molar-refractivity contribution is 5.59. The van der Waals surface area contributed by atoms with Gasteiger partial charge in [0.05, 0.1) is 16.8 Å². The lowest BCUT2D eigenvalue weighted by Crippen LogP contribution is -2.10. The van der Waals surface area contributed by atoms with E-state index in [1.165, 1.54) is 24.4 Å². The minimum absolute atomic E-state index is 0.0898. The van der Waals surface area contributed by atoms with Crippen molar-refractivity contribution >= 4 is 5.69 Å². The van der Waals surface area contributed by atoms with Crippen molar-refractivity contribution in [2.24, 2.45) is 0 Å². The van der Waals surface area contributed by atoms with Crippen LogP contribution in [0.25, 0.3) is 16.9 Å². The maximum absolute atomic E-state index is 13.7. The molecule has 0 saturated carbocycles. The molecule has 0 spiro atoms. The smallest absolute Gasteiger partial charge is 0.258 e. The summed E-state index contributed by atoms with van der Waals surface area (Å²) >= 11 is 0. The van der Waals surface area contributed by atoms with Crippen molar-refractivity contribution in [3.8, 4) is 16.9 Å². The fourth-order valence-electron chi connectivity index (χ4n) is 2.24. The Morgan fingerprint density at radius 2 is 1.84 bits per heavy atom. The number of nitro benzene ring substituents is 1. The van der Waals surface area contributed by atoms with Gasteiger partial charge in [-0.15, -0.1) is 5.10 Å². The molecule has 0 bridgehead atoms. The van der Waals surface area contributed by atoms with Crippen molar-refractivity contribution in [3.63, 3.8) is 0 Å². The molecule has 0 aliphatic rings. The second-order valence-corrected chi connectivity index (χ2v) is 4.98. The van der Waals surface area contributed by atoms with Gasteiger partial charge in [0.2, 0.25) is 0 Å². The summed E-state index contributed by atoms with van der Waals surface area (Å²) in [6.45, 7) is 0. The molecule has 0 fully saturated rings. The lowest BCUT2D eigenvalue weighted by atomic mass is 10.1. The van der Waals surface area contributed by atoms with E-state index < -0.39 is 28.2 Å². The average Bonchev–Trinajstić information content (AvgIpc) is 3.03. The SMILES string of the molecule is O=[N+]([O-])c1ccc(-n2cc(-c3ccccc3F)nn2)cc1C(F)(F)F. The molecule has 0 atom stereocenters. The largest absolute Gasteiger partial charge is 0.423 e. The van der Waals surface area contributed by atoms with Gasteiger partial charge in [-0.2, -0.15) is 13.2 Å². The van der Waals surface area contributed by atoms with Gasteiger partial charge in [-0.1, -0.05) is 17.3 Å². The van der Waals surface area contributed by atoms with Crippen LogP contribution in [0.3, 0.4) is 0 Å². The van der Waals surface area contributed by atoms with Crippen LogP contribution < -0.4 is 0 Å². The Labute approximate surface area is 137 Å². The number of alkyl halides is 3. The molecule has 0 N–H and O–H groups in total. The van der Waals surface area contributed by atoms with Crippen LogP contribution >= 0.6 is 0 Å². The van der Waals surface area contributed by atoms with E-state index in [0.717, 1.165) is 16.8 Å². The Morgan fingerprint density at radius 1 is 1.12 bits per heavy atom. The number of aromatic nitrogens is 3. The van der Waals surface area contributed by atoms with Crippen LogP contribution in [0.5, 0.6) is 0 Å². The molecule has 0 radical (unpaired) electrons. The van der Waals surface area contributed by atoms with E-state index in [9.17, 15) is 27.7 Å². The summed E-state index contributed by atoms with van der Waals surface area (Å²) < 4.78 is 53.8. The van der Waals surface area contributed by atoms with Gasteiger partial charge in [0.25, 0.3) is 5.69 Å². The minimum Gasteiger partial charge on any atom is -0.258 e. The predicted octanol–water partition coefficient (Wildman–Crippen LogP) is 4.00. The number of halogens is 4. The Kier molecular flexibility index (Phi) is 3.95.